The highest BCUT2D eigenvalue weighted by Crippen LogP contribution is 2.36. The molecule has 3 heterocycles. The van der Waals surface area contributed by atoms with Gasteiger partial charge in [-0.1, -0.05) is 31.7 Å². The van der Waals surface area contributed by atoms with Crippen molar-refractivity contribution >= 4 is 40.2 Å². The van der Waals surface area contributed by atoms with E-state index in [0.29, 0.717) is 17.6 Å². The lowest BCUT2D eigenvalue weighted by atomic mass is 10.00. The van der Waals surface area contributed by atoms with E-state index in [9.17, 15) is 27.2 Å². The molecule has 3 amide bonds. The number of carbonyl (C=O) groups is 2. The van der Waals surface area contributed by atoms with Gasteiger partial charge in [-0.15, -0.1) is 5.10 Å². The van der Waals surface area contributed by atoms with Gasteiger partial charge in [0, 0.05) is 17.8 Å². The largest absolute Gasteiger partial charge is 0.497 e. The number of rotatable bonds is 6. The van der Waals surface area contributed by atoms with Crippen molar-refractivity contribution in [2.75, 3.05) is 23.1 Å². The molecule has 1 saturated heterocycles. The van der Waals surface area contributed by atoms with Crippen molar-refractivity contribution < 1.29 is 31.9 Å². The second-order valence-electron chi connectivity index (χ2n) is 9.53. The second kappa shape index (κ2) is 11.8. The molecule has 1 fully saturated rings. The van der Waals surface area contributed by atoms with Crippen LogP contribution in [0.15, 0.2) is 66.0 Å². The first kappa shape index (κ1) is 29.7. The summed E-state index contributed by atoms with van der Waals surface area (Å²) >= 11 is 1.08. The number of aliphatic imine (C=N–C) groups is 1. The maximum Gasteiger partial charge on any atom is 0.417 e. The number of amidine groups is 1. The molecule has 15 heteroatoms. The number of anilines is 2. The van der Waals surface area contributed by atoms with Gasteiger partial charge in [0.1, 0.15) is 17.9 Å². The second-order valence-corrected chi connectivity index (χ2v) is 10.5. The number of nitrogens with zero attached hydrogens (tertiary/aromatic N) is 6. The predicted molar refractivity (Wildman–Crippen MR) is 153 cm³/mol. The number of methoxy groups -OCH3 is 1. The Bertz CT molecular complexity index is 1720. The van der Waals surface area contributed by atoms with Crippen LogP contribution in [0, 0.1) is 5.82 Å². The van der Waals surface area contributed by atoms with Gasteiger partial charge in [0.25, 0.3) is 0 Å². The zero-order chi connectivity index (χ0) is 30.9. The molecule has 0 atom stereocenters. The lowest BCUT2D eigenvalue weighted by Crippen LogP contribution is -2.31. The first-order valence-electron chi connectivity index (χ1n) is 12.7. The summed E-state index contributed by atoms with van der Waals surface area (Å²) in [6.45, 7) is 3.95. The van der Waals surface area contributed by atoms with Crippen LogP contribution in [0.2, 0.25) is 0 Å². The Morgan fingerprint density at radius 1 is 1.12 bits per heavy atom. The standard InChI is InChI=1S/C28H23F4N7O3S/c1-15(2)19-7-6-18(42-3)11-22(19)39-24(40)13-43-27(39)36-26(41)35-21-8-4-16(10-20(21)29)25-34-14-38(37-25)23-9-5-17(12-33-23)28(30,31)32/h4-12,14-15H,13H2,1-3H3,(H,35,41)/b36-27-. The van der Waals surface area contributed by atoms with Crippen molar-refractivity contribution in [3.05, 3.63) is 78.0 Å². The highest BCUT2D eigenvalue weighted by atomic mass is 32.2. The van der Waals surface area contributed by atoms with E-state index in [2.05, 4.69) is 25.4 Å². The summed E-state index contributed by atoms with van der Waals surface area (Å²) in [5.41, 5.74) is 0.566. The van der Waals surface area contributed by atoms with Crippen LogP contribution in [-0.2, 0) is 11.0 Å². The summed E-state index contributed by atoms with van der Waals surface area (Å²) in [5.74, 6) is -0.237. The van der Waals surface area contributed by atoms with Crippen LogP contribution < -0.4 is 15.0 Å². The van der Waals surface area contributed by atoms with E-state index < -0.39 is 23.6 Å². The minimum Gasteiger partial charge on any atom is -0.497 e. The average molecular weight is 614 g/mol. The fraction of sp³-hybridized carbons (Fsp3) is 0.214. The van der Waals surface area contributed by atoms with Crippen molar-refractivity contribution in [1.82, 2.24) is 19.7 Å². The number of pyridine rings is 1. The van der Waals surface area contributed by atoms with Crippen LogP contribution >= 0.6 is 11.8 Å². The average Bonchev–Trinajstić information content (AvgIpc) is 3.60. The Morgan fingerprint density at radius 3 is 2.56 bits per heavy atom. The molecule has 0 unspecified atom stereocenters. The zero-order valence-corrected chi connectivity index (χ0v) is 23.7. The lowest BCUT2D eigenvalue weighted by molar-refractivity contribution is -0.137. The van der Waals surface area contributed by atoms with E-state index in [1.807, 2.05) is 19.9 Å². The fourth-order valence-electron chi connectivity index (χ4n) is 4.19. The number of halogens is 4. The smallest absolute Gasteiger partial charge is 0.417 e. The molecule has 1 N–H and O–H groups in total. The highest BCUT2D eigenvalue weighted by molar-refractivity contribution is 8.15. The Kier molecular flexibility index (Phi) is 8.17. The summed E-state index contributed by atoms with van der Waals surface area (Å²) in [7, 11) is 1.51. The minimum absolute atomic E-state index is 0.0640. The van der Waals surface area contributed by atoms with Gasteiger partial charge < -0.3 is 10.1 Å². The number of hydrogen-bond donors (Lipinski definition) is 1. The molecular formula is C28H23F4N7O3S. The van der Waals surface area contributed by atoms with Gasteiger partial charge in [0.05, 0.1) is 29.8 Å². The van der Waals surface area contributed by atoms with Gasteiger partial charge in [-0.3, -0.25) is 9.69 Å². The predicted octanol–water partition coefficient (Wildman–Crippen LogP) is 6.29. The first-order valence-corrected chi connectivity index (χ1v) is 13.7. The number of nitrogens with one attached hydrogen (secondary N) is 1. The summed E-state index contributed by atoms with van der Waals surface area (Å²) in [5, 5.41) is 6.68. The quantitative estimate of drug-likeness (QED) is 0.254. The molecule has 43 heavy (non-hydrogen) atoms. The van der Waals surface area contributed by atoms with Crippen molar-refractivity contribution in [3.8, 4) is 23.0 Å². The van der Waals surface area contributed by atoms with Crippen LogP contribution in [0.5, 0.6) is 5.75 Å². The van der Waals surface area contributed by atoms with Crippen LogP contribution in [0.4, 0.5) is 33.7 Å². The highest BCUT2D eigenvalue weighted by Gasteiger charge is 2.33. The van der Waals surface area contributed by atoms with Crippen LogP contribution in [0.25, 0.3) is 17.2 Å². The topological polar surface area (TPSA) is 115 Å². The third-order valence-corrected chi connectivity index (χ3v) is 7.26. The molecule has 2 aromatic heterocycles. The summed E-state index contributed by atoms with van der Waals surface area (Å²) < 4.78 is 59.9. The van der Waals surface area contributed by atoms with Gasteiger partial charge in [-0.25, -0.2) is 23.8 Å². The van der Waals surface area contributed by atoms with Gasteiger partial charge in [-0.05, 0) is 47.9 Å². The number of thioether (sulfide) groups is 1. The number of benzene rings is 2. The third-order valence-electron chi connectivity index (χ3n) is 6.33. The molecule has 2 aromatic carbocycles. The first-order chi connectivity index (χ1) is 20.4. The maximum atomic E-state index is 15.0. The van der Waals surface area contributed by atoms with Gasteiger partial charge >= 0.3 is 12.2 Å². The summed E-state index contributed by atoms with van der Waals surface area (Å²) in [6, 6.07) is 10.3. The van der Waals surface area contributed by atoms with Crippen molar-refractivity contribution in [1.29, 1.82) is 0 Å². The number of urea groups is 1. The molecule has 1 aliphatic rings. The molecule has 0 radical (unpaired) electrons. The summed E-state index contributed by atoms with van der Waals surface area (Å²) in [6.07, 6.45) is -2.62. The number of alkyl halides is 3. The monoisotopic (exact) mass is 613 g/mol. The van der Waals surface area contributed by atoms with E-state index in [1.165, 1.54) is 30.5 Å². The molecule has 0 aliphatic carbocycles. The maximum absolute atomic E-state index is 15.0. The van der Waals surface area contributed by atoms with Gasteiger partial charge in [0.15, 0.2) is 16.8 Å². The van der Waals surface area contributed by atoms with Crippen LogP contribution in [0.1, 0.15) is 30.9 Å². The summed E-state index contributed by atoms with van der Waals surface area (Å²) in [4.78, 5) is 38.8. The Hall–Kier alpha value is -4.79. The number of ether oxygens (including phenoxy) is 1. The number of amides is 3. The third kappa shape index (κ3) is 6.35. The fourth-order valence-corrected chi connectivity index (χ4v) is 5.05. The Morgan fingerprint density at radius 2 is 1.91 bits per heavy atom. The molecular weight excluding hydrogens is 590 g/mol. The SMILES string of the molecule is COc1ccc(C(C)C)c(N2C(=O)CS/C2=N\C(=O)Nc2ccc(-c3ncn(-c4ccc(C(F)(F)F)cn4)n3)cc2F)c1. The van der Waals surface area contributed by atoms with Crippen molar-refractivity contribution in [3.63, 3.8) is 0 Å². The van der Waals surface area contributed by atoms with E-state index >= 15 is 0 Å². The molecule has 222 valence electrons. The van der Waals surface area contributed by atoms with Crippen molar-refractivity contribution in [2.24, 2.45) is 4.99 Å². The molecule has 10 nitrogen and oxygen atoms in total. The van der Waals surface area contributed by atoms with E-state index in [-0.39, 0.29) is 45.6 Å². The molecule has 0 bridgehead atoms. The Labute approximate surface area is 246 Å². The van der Waals surface area contributed by atoms with Gasteiger partial charge in [-0.2, -0.15) is 18.2 Å². The van der Waals surface area contributed by atoms with E-state index in [1.54, 1.807) is 12.1 Å². The minimum atomic E-state index is -4.53. The van der Waals surface area contributed by atoms with E-state index in [0.717, 1.165) is 40.2 Å². The molecule has 0 saturated carbocycles. The molecule has 5 rings (SSSR count). The van der Waals surface area contributed by atoms with Crippen LogP contribution in [-0.4, -0.2) is 49.7 Å². The van der Waals surface area contributed by atoms with E-state index in [4.69, 9.17) is 4.74 Å². The normalized spacial score (nSPS) is 14.6. The lowest BCUT2D eigenvalue weighted by Gasteiger charge is -2.22. The molecule has 1 aliphatic heterocycles. The van der Waals surface area contributed by atoms with Gasteiger partial charge in [0.2, 0.25) is 5.91 Å². The molecule has 4 aromatic rings. The zero-order valence-electron chi connectivity index (χ0n) is 22.9. The Balaban J connectivity index is 1.33. The van der Waals surface area contributed by atoms with Crippen LogP contribution in [0.3, 0.4) is 0 Å². The number of hydrogen-bond acceptors (Lipinski definition) is 7. The van der Waals surface area contributed by atoms with Crippen molar-refractivity contribution in [2.45, 2.75) is 25.9 Å². The molecule has 0 spiro atoms. The number of aromatic nitrogens is 4. The number of carbonyl (C=O) groups excluding carboxylic acids is 2.